The highest BCUT2D eigenvalue weighted by Crippen LogP contribution is 2.36. The van der Waals surface area contributed by atoms with Crippen LogP contribution in [0.25, 0.3) is 0 Å². The van der Waals surface area contributed by atoms with Crippen LogP contribution in [-0.4, -0.2) is 28.9 Å². The van der Waals surface area contributed by atoms with Gasteiger partial charge in [0, 0.05) is 24.3 Å². The van der Waals surface area contributed by atoms with E-state index >= 15 is 0 Å². The fourth-order valence-electron chi connectivity index (χ4n) is 2.23. The van der Waals surface area contributed by atoms with Gasteiger partial charge in [-0.05, 0) is 25.7 Å². The lowest BCUT2D eigenvalue weighted by Crippen LogP contribution is -2.20. The Hall–Kier alpha value is -0.0200. The molecule has 1 aliphatic carbocycles. The molecule has 1 aliphatic heterocycles. The topological polar surface area (TPSA) is 20.3 Å². The molecule has 1 saturated carbocycles. The molecule has 0 aromatic rings. The molecule has 0 aromatic heterocycles. The SMILES string of the molecule is O=CC1CCCC1SN1CCCC1. The quantitative estimate of drug-likeness (QED) is 0.513. The molecule has 2 unspecified atom stereocenters. The van der Waals surface area contributed by atoms with Crippen LogP contribution in [-0.2, 0) is 4.79 Å². The average molecular weight is 199 g/mol. The molecule has 3 heteroatoms. The highest BCUT2D eigenvalue weighted by atomic mass is 32.2. The van der Waals surface area contributed by atoms with Crippen molar-refractivity contribution in [3.63, 3.8) is 0 Å². The minimum atomic E-state index is 0.339. The second-order valence-corrected chi connectivity index (χ2v) is 5.34. The van der Waals surface area contributed by atoms with E-state index < -0.39 is 0 Å². The van der Waals surface area contributed by atoms with Crippen molar-refractivity contribution in [1.82, 2.24) is 4.31 Å². The van der Waals surface area contributed by atoms with Crippen molar-refractivity contribution in [2.24, 2.45) is 5.92 Å². The lowest BCUT2D eigenvalue weighted by molar-refractivity contribution is -0.110. The van der Waals surface area contributed by atoms with E-state index in [0.29, 0.717) is 11.2 Å². The van der Waals surface area contributed by atoms with Crippen molar-refractivity contribution in [3.05, 3.63) is 0 Å². The summed E-state index contributed by atoms with van der Waals surface area (Å²) in [5, 5.41) is 0.593. The van der Waals surface area contributed by atoms with Crippen molar-refractivity contribution in [2.45, 2.75) is 37.4 Å². The zero-order chi connectivity index (χ0) is 9.10. The Morgan fingerprint density at radius 3 is 2.62 bits per heavy atom. The Morgan fingerprint density at radius 1 is 1.15 bits per heavy atom. The molecule has 0 spiro atoms. The molecule has 0 bridgehead atoms. The summed E-state index contributed by atoms with van der Waals surface area (Å²) in [7, 11) is 0. The first kappa shape index (κ1) is 9.53. The van der Waals surface area contributed by atoms with Crippen LogP contribution in [0.3, 0.4) is 0 Å². The fourth-order valence-corrected chi connectivity index (χ4v) is 3.71. The van der Waals surface area contributed by atoms with Crippen LogP contribution in [0.5, 0.6) is 0 Å². The van der Waals surface area contributed by atoms with E-state index in [1.807, 2.05) is 11.9 Å². The summed E-state index contributed by atoms with van der Waals surface area (Å²) in [5.74, 6) is 0.339. The largest absolute Gasteiger partial charge is 0.303 e. The van der Waals surface area contributed by atoms with Crippen molar-refractivity contribution in [3.8, 4) is 0 Å². The summed E-state index contributed by atoms with van der Waals surface area (Å²) in [6.07, 6.45) is 7.45. The summed E-state index contributed by atoms with van der Waals surface area (Å²) in [6.45, 7) is 2.46. The third-order valence-corrected chi connectivity index (χ3v) is 4.55. The highest BCUT2D eigenvalue weighted by Gasteiger charge is 2.29. The molecular formula is C10H17NOS. The Bertz CT molecular complexity index is 180. The standard InChI is InChI=1S/C10H17NOS/c12-8-9-4-3-5-10(9)13-11-6-1-2-7-11/h8-10H,1-7H2. The molecular weight excluding hydrogens is 182 g/mol. The summed E-state index contributed by atoms with van der Waals surface area (Å²) in [5.41, 5.74) is 0. The molecule has 1 heterocycles. The minimum Gasteiger partial charge on any atom is -0.303 e. The molecule has 0 N–H and O–H groups in total. The second kappa shape index (κ2) is 4.47. The van der Waals surface area contributed by atoms with Gasteiger partial charge in [0.05, 0.1) is 0 Å². The van der Waals surface area contributed by atoms with E-state index in [0.717, 1.165) is 6.42 Å². The Labute approximate surface area is 84.2 Å². The number of carbonyl (C=O) groups is 1. The third-order valence-electron chi connectivity index (χ3n) is 3.03. The van der Waals surface area contributed by atoms with Crippen molar-refractivity contribution < 1.29 is 4.79 Å². The van der Waals surface area contributed by atoms with Crippen molar-refractivity contribution >= 4 is 18.2 Å². The lowest BCUT2D eigenvalue weighted by Gasteiger charge is -2.20. The van der Waals surface area contributed by atoms with Gasteiger partial charge in [-0.15, -0.1) is 0 Å². The normalized spacial score (nSPS) is 35.4. The van der Waals surface area contributed by atoms with Crippen LogP contribution in [0.4, 0.5) is 0 Å². The number of carbonyl (C=O) groups excluding carboxylic acids is 1. The monoisotopic (exact) mass is 199 g/mol. The van der Waals surface area contributed by atoms with Crippen LogP contribution in [0.1, 0.15) is 32.1 Å². The molecule has 13 heavy (non-hydrogen) atoms. The van der Waals surface area contributed by atoms with E-state index in [4.69, 9.17) is 0 Å². The number of rotatable bonds is 3. The van der Waals surface area contributed by atoms with Gasteiger partial charge in [0.2, 0.25) is 0 Å². The predicted octanol–water partition coefficient (Wildman–Crippen LogP) is 2.10. The second-order valence-electron chi connectivity index (χ2n) is 4.01. The summed E-state index contributed by atoms with van der Waals surface area (Å²) in [4.78, 5) is 10.8. The zero-order valence-corrected chi connectivity index (χ0v) is 8.76. The van der Waals surface area contributed by atoms with Crippen LogP contribution < -0.4 is 0 Å². The maximum absolute atomic E-state index is 10.8. The number of aldehydes is 1. The van der Waals surface area contributed by atoms with Gasteiger partial charge >= 0.3 is 0 Å². The number of hydrogen-bond donors (Lipinski definition) is 0. The van der Waals surface area contributed by atoms with Crippen molar-refractivity contribution in [1.29, 1.82) is 0 Å². The molecule has 1 saturated heterocycles. The molecule has 2 nitrogen and oxygen atoms in total. The minimum absolute atomic E-state index is 0.339. The van der Waals surface area contributed by atoms with E-state index in [1.165, 1.54) is 45.1 Å². The van der Waals surface area contributed by atoms with Gasteiger partial charge in [-0.25, -0.2) is 0 Å². The Kier molecular flexibility index (Phi) is 3.28. The van der Waals surface area contributed by atoms with Crippen LogP contribution in [0, 0.1) is 5.92 Å². The molecule has 2 rings (SSSR count). The van der Waals surface area contributed by atoms with Gasteiger partial charge in [-0.3, -0.25) is 4.31 Å². The van der Waals surface area contributed by atoms with E-state index in [2.05, 4.69) is 4.31 Å². The van der Waals surface area contributed by atoms with Gasteiger partial charge in [-0.2, -0.15) is 0 Å². The fraction of sp³-hybridized carbons (Fsp3) is 0.900. The summed E-state index contributed by atoms with van der Waals surface area (Å²) < 4.78 is 2.45. The summed E-state index contributed by atoms with van der Waals surface area (Å²) in [6, 6.07) is 0. The average Bonchev–Trinajstić information content (AvgIpc) is 2.76. The van der Waals surface area contributed by atoms with Gasteiger partial charge in [0.15, 0.2) is 0 Å². The van der Waals surface area contributed by atoms with Crippen molar-refractivity contribution in [2.75, 3.05) is 13.1 Å². The number of nitrogens with zero attached hydrogens (tertiary/aromatic N) is 1. The lowest BCUT2D eigenvalue weighted by atomic mass is 10.1. The van der Waals surface area contributed by atoms with E-state index in [1.54, 1.807) is 0 Å². The summed E-state index contributed by atoms with van der Waals surface area (Å²) >= 11 is 1.95. The van der Waals surface area contributed by atoms with E-state index in [-0.39, 0.29) is 0 Å². The third kappa shape index (κ3) is 2.26. The zero-order valence-electron chi connectivity index (χ0n) is 7.95. The Morgan fingerprint density at radius 2 is 1.92 bits per heavy atom. The maximum Gasteiger partial charge on any atom is 0.124 e. The molecule has 2 atom stereocenters. The van der Waals surface area contributed by atoms with Gasteiger partial charge in [-0.1, -0.05) is 18.4 Å². The smallest absolute Gasteiger partial charge is 0.124 e. The van der Waals surface area contributed by atoms with Crippen LogP contribution in [0.2, 0.25) is 0 Å². The molecule has 0 aromatic carbocycles. The highest BCUT2D eigenvalue weighted by molar-refractivity contribution is 7.97. The van der Waals surface area contributed by atoms with Crippen LogP contribution in [0.15, 0.2) is 0 Å². The first-order chi connectivity index (χ1) is 6.40. The molecule has 0 amide bonds. The van der Waals surface area contributed by atoms with Crippen LogP contribution >= 0.6 is 11.9 Å². The molecule has 74 valence electrons. The number of hydrogen-bond acceptors (Lipinski definition) is 3. The van der Waals surface area contributed by atoms with Gasteiger partial charge < -0.3 is 4.79 Å². The van der Waals surface area contributed by atoms with Gasteiger partial charge in [0.25, 0.3) is 0 Å². The molecule has 0 radical (unpaired) electrons. The molecule has 2 fully saturated rings. The first-order valence-corrected chi connectivity index (χ1v) is 6.11. The first-order valence-electron chi connectivity index (χ1n) is 5.27. The molecule has 2 aliphatic rings. The Balaban J connectivity index is 1.82. The van der Waals surface area contributed by atoms with Gasteiger partial charge in [0.1, 0.15) is 6.29 Å². The van der Waals surface area contributed by atoms with E-state index in [9.17, 15) is 4.79 Å². The predicted molar refractivity (Wildman–Crippen MR) is 55.6 cm³/mol. The maximum atomic E-state index is 10.8.